The SMILES string of the molecule is COCCOCc1cccc2c1CC(N1CCc3c(nc(-c4ccccc4Cl)n3C)C1)CC2. The minimum absolute atomic E-state index is 0.538. The van der Waals surface area contributed by atoms with E-state index >= 15 is 0 Å². The maximum Gasteiger partial charge on any atom is 0.141 e. The van der Waals surface area contributed by atoms with Crippen LogP contribution >= 0.6 is 11.6 Å². The molecule has 0 N–H and O–H groups in total. The highest BCUT2D eigenvalue weighted by Crippen LogP contribution is 2.33. The van der Waals surface area contributed by atoms with Crippen molar-refractivity contribution in [3.63, 3.8) is 0 Å². The summed E-state index contributed by atoms with van der Waals surface area (Å²) in [5, 5.41) is 0.754. The van der Waals surface area contributed by atoms with Gasteiger partial charge in [0.25, 0.3) is 0 Å². The second-order valence-corrected chi connectivity index (χ2v) is 9.49. The molecule has 2 aliphatic rings. The summed E-state index contributed by atoms with van der Waals surface area (Å²) >= 11 is 6.48. The zero-order valence-corrected chi connectivity index (χ0v) is 20.3. The van der Waals surface area contributed by atoms with E-state index in [0.29, 0.717) is 25.9 Å². The molecule has 0 spiro atoms. The minimum Gasteiger partial charge on any atom is -0.382 e. The van der Waals surface area contributed by atoms with Gasteiger partial charge in [-0.05, 0) is 48.1 Å². The zero-order chi connectivity index (χ0) is 22.8. The lowest BCUT2D eigenvalue weighted by molar-refractivity contribution is 0.0610. The highest BCUT2D eigenvalue weighted by atomic mass is 35.5. The Morgan fingerprint density at radius 2 is 1.97 bits per heavy atom. The summed E-state index contributed by atoms with van der Waals surface area (Å²) in [7, 11) is 3.83. The van der Waals surface area contributed by atoms with Crippen LogP contribution in [0.25, 0.3) is 11.4 Å². The van der Waals surface area contributed by atoms with Crippen LogP contribution in [0.1, 0.15) is 34.5 Å². The van der Waals surface area contributed by atoms with Crippen LogP contribution < -0.4 is 0 Å². The van der Waals surface area contributed by atoms with Crippen molar-refractivity contribution in [2.45, 2.75) is 44.9 Å². The van der Waals surface area contributed by atoms with E-state index in [1.54, 1.807) is 7.11 Å². The molecular weight excluding hydrogens is 434 g/mol. The standard InChI is InChI=1S/C27H32ClN3O2/c1-30-26-12-13-31(17-25(26)29-27(30)22-8-3-4-9-24(22)28)21-11-10-19-6-5-7-20(23(19)16-21)18-33-15-14-32-2/h3-9,21H,10-18H2,1-2H3. The molecule has 174 valence electrons. The molecule has 6 heteroatoms. The van der Waals surface area contributed by atoms with Gasteiger partial charge in [0.1, 0.15) is 5.82 Å². The maximum absolute atomic E-state index is 6.48. The lowest BCUT2D eigenvalue weighted by Crippen LogP contribution is -2.42. The molecule has 0 saturated carbocycles. The van der Waals surface area contributed by atoms with Crippen LogP contribution in [0.4, 0.5) is 0 Å². The van der Waals surface area contributed by atoms with Crippen molar-refractivity contribution in [1.29, 1.82) is 0 Å². The number of hydrogen-bond donors (Lipinski definition) is 0. The molecule has 0 amide bonds. The van der Waals surface area contributed by atoms with Gasteiger partial charge in [-0.25, -0.2) is 4.98 Å². The molecule has 0 bridgehead atoms. The van der Waals surface area contributed by atoms with Crippen molar-refractivity contribution in [3.8, 4) is 11.4 Å². The fourth-order valence-electron chi connectivity index (χ4n) is 5.36. The van der Waals surface area contributed by atoms with Crippen molar-refractivity contribution in [2.24, 2.45) is 7.05 Å². The van der Waals surface area contributed by atoms with Crippen LogP contribution in [0, 0.1) is 0 Å². The maximum atomic E-state index is 6.48. The fraction of sp³-hybridized carbons (Fsp3) is 0.444. The number of methoxy groups -OCH3 is 1. The average Bonchev–Trinajstić information content (AvgIpc) is 3.17. The first kappa shape index (κ1) is 22.6. The Hall–Kier alpha value is -2.18. The van der Waals surface area contributed by atoms with E-state index in [1.165, 1.54) is 34.5 Å². The number of benzene rings is 2. The molecule has 2 heterocycles. The lowest BCUT2D eigenvalue weighted by atomic mass is 9.84. The van der Waals surface area contributed by atoms with Gasteiger partial charge in [0, 0.05) is 51.0 Å². The molecular formula is C27H32ClN3O2. The van der Waals surface area contributed by atoms with Crippen molar-refractivity contribution in [2.75, 3.05) is 26.9 Å². The van der Waals surface area contributed by atoms with Crippen molar-refractivity contribution < 1.29 is 9.47 Å². The summed E-state index contributed by atoms with van der Waals surface area (Å²) < 4.78 is 13.2. The number of rotatable bonds is 7. The fourth-order valence-corrected chi connectivity index (χ4v) is 5.58. The van der Waals surface area contributed by atoms with Gasteiger partial charge in [0.2, 0.25) is 0 Å². The second-order valence-electron chi connectivity index (χ2n) is 9.08. The third kappa shape index (κ3) is 4.60. The van der Waals surface area contributed by atoms with Crippen molar-refractivity contribution >= 4 is 11.6 Å². The van der Waals surface area contributed by atoms with E-state index in [1.807, 2.05) is 18.2 Å². The summed E-state index contributed by atoms with van der Waals surface area (Å²) in [4.78, 5) is 7.69. The first-order valence-electron chi connectivity index (χ1n) is 11.9. The monoisotopic (exact) mass is 465 g/mol. The lowest BCUT2D eigenvalue weighted by Gasteiger charge is -2.37. The van der Waals surface area contributed by atoms with Crippen LogP contribution in [0.2, 0.25) is 5.02 Å². The highest BCUT2D eigenvalue weighted by molar-refractivity contribution is 6.33. The molecule has 0 radical (unpaired) electrons. The van der Waals surface area contributed by atoms with Gasteiger partial charge in [-0.15, -0.1) is 0 Å². The van der Waals surface area contributed by atoms with Crippen molar-refractivity contribution in [3.05, 3.63) is 75.6 Å². The normalized spacial score (nSPS) is 18.2. The van der Waals surface area contributed by atoms with Crippen LogP contribution in [-0.4, -0.2) is 47.4 Å². The summed E-state index contributed by atoms with van der Waals surface area (Å²) in [5.41, 5.74) is 7.83. The molecule has 1 aromatic heterocycles. The number of nitrogens with zero attached hydrogens (tertiary/aromatic N) is 3. The Balaban J connectivity index is 1.33. The number of halogens is 1. The van der Waals surface area contributed by atoms with Crippen LogP contribution in [0.3, 0.4) is 0 Å². The zero-order valence-electron chi connectivity index (χ0n) is 19.5. The van der Waals surface area contributed by atoms with E-state index in [-0.39, 0.29) is 0 Å². The summed E-state index contributed by atoms with van der Waals surface area (Å²) in [5.74, 6) is 0.969. The molecule has 1 atom stereocenters. The molecule has 3 aromatic rings. The Bertz CT molecular complexity index is 1130. The third-order valence-electron chi connectivity index (χ3n) is 7.16. The number of ether oxygens (including phenoxy) is 2. The first-order valence-corrected chi connectivity index (χ1v) is 12.2. The number of fused-ring (bicyclic) bond motifs is 2. The first-order chi connectivity index (χ1) is 16.2. The molecule has 1 aliphatic heterocycles. The summed E-state index contributed by atoms with van der Waals surface area (Å²) in [6, 6.07) is 15.2. The van der Waals surface area contributed by atoms with Gasteiger partial charge in [-0.1, -0.05) is 41.9 Å². The molecule has 2 aromatic carbocycles. The van der Waals surface area contributed by atoms with E-state index in [0.717, 1.165) is 48.8 Å². The van der Waals surface area contributed by atoms with Gasteiger partial charge in [0.05, 0.1) is 30.5 Å². The second kappa shape index (κ2) is 9.98. The molecule has 33 heavy (non-hydrogen) atoms. The van der Waals surface area contributed by atoms with E-state index in [9.17, 15) is 0 Å². The minimum atomic E-state index is 0.538. The Kier molecular flexibility index (Phi) is 6.84. The largest absolute Gasteiger partial charge is 0.382 e. The average molecular weight is 466 g/mol. The smallest absolute Gasteiger partial charge is 0.141 e. The van der Waals surface area contributed by atoms with E-state index < -0.39 is 0 Å². The third-order valence-corrected chi connectivity index (χ3v) is 7.49. The predicted molar refractivity (Wildman–Crippen MR) is 132 cm³/mol. The summed E-state index contributed by atoms with van der Waals surface area (Å²) in [6.45, 7) is 3.89. The number of imidazole rings is 1. The predicted octanol–water partition coefficient (Wildman–Crippen LogP) is 4.82. The van der Waals surface area contributed by atoms with Gasteiger partial charge in [0.15, 0.2) is 0 Å². The molecule has 0 saturated heterocycles. The van der Waals surface area contributed by atoms with Crippen molar-refractivity contribution in [1.82, 2.24) is 14.5 Å². The van der Waals surface area contributed by atoms with Gasteiger partial charge in [-0.3, -0.25) is 4.90 Å². The Morgan fingerprint density at radius 3 is 2.82 bits per heavy atom. The molecule has 5 rings (SSSR count). The molecule has 5 nitrogen and oxygen atoms in total. The topological polar surface area (TPSA) is 39.5 Å². The van der Waals surface area contributed by atoms with Gasteiger partial charge < -0.3 is 14.0 Å². The van der Waals surface area contributed by atoms with E-state index in [4.69, 9.17) is 26.1 Å². The quantitative estimate of drug-likeness (QED) is 0.469. The number of hydrogen-bond acceptors (Lipinski definition) is 4. The number of aromatic nitrogens is 2. The Labute approximate surface area is 201 Å². The molecule has 0 fully saturated rings. The summed E-state index contributed by atoms with van der Waals surface area (Å²) in [6.07, 6.45) is 4.43. The van der Waals surface area contributed by atoms with Gasteiger partial charge in [-0.2, -0.15) is 0 Å². The van der Waals surface area contributed by atoms with Crippen LogP contribution in [0.15, 0.2) is 42.5 Å². The van der Waals surface area contributed by atoms with E-state index in [2.05, 4.69) is 40.8 Å². The van der Waals surface area contributed by atoms with Crippen LogP contribution in [0.5, 0.6) is 0 Å². The van der Waals surface area contributed by atoms with Gasteiger partial charge >= 0.3 is 0 Å². The van der Waals surface area contributed by atoms with Crippen LogP contribution in [-0.2, 0) is 48.9 Å². The molecule has 1 unspecified atom stereocenters. The highest BCUT2D eigenvalue weighted by Gasteiger charge is 2.31. The molecule has 1 aliphatic carbocycles. The number of aryl methyl sites for hydroxylation is 1. The Morgan fingerprint density at radius 1 is 1.09 bits per heavy atom.